The van der Waals surface area contributed by atoms with Crippen molar-refractivity contribution in [2.75, 3.05) is 13.2 Å². The van der Waals surface area contributed by atoms with Gasteiger partial charge in [-0.05, 0) is 26.0 Å². The molecule has 19 heavy (non-hydrogen) atoms. The van der Waals surface area contributed by atoms with E-state index in [1.807, 2.05) is 0 Å². The normalized spacial score (nSPS) is 10.9. The minimum absolute atomic E-state index is 0.0184. The largest absolute Gasteiger partial charge is 0.481 e. The zero-order valence-corrected chi connectivity index (χ0v) is 10.8. The van der Waals surface area contributed by atoms with E-state index in [9.17, 15) is 14.0 Å². The van der Waals surface area contributed by atoms with Crippen LogP contribution in [0.2, 0.25) is 0 Å². The Bertz CT molecular complexity index is 473. The summed E-state index contributed by atoms with van der Waals surface area (Å²) in [5.41, 5.74) is -1.06. The topological polar surface area (TPSA) is 75.6 Å². The van der Waals surface area contributed by atoms with Crippen LogP contribution in [0.1, 0.15) is 13.8 Å². The first-order valence-corrected chi connectivity index (χ1v) is 5.70. The fourth-order valence-electron chi connectivity index (χ4n) is 1.15. The lowest BCUT2D eigenvalue weighted by atomic mass is 9.94. The second kappa shape index (κ2) is 6.17. The highest BCUT2D eigenvalue weighted by molar-refractivity contribution is 5.79. The molecule has 0 bridgehead atoms. The van der Waals surface area contributed by atoms with Gasteiger partial charge in [-0.3, -0.25) is 9.59 Å². The molecule has 0 saturated heterocycles. The maximum atomic E-state index is 13.2. The van der Waals surface area contributed by atoms with E-state index in [-0.39, 0.29) is 18.9 Å². The van der Waals surface area contributed by atoms with Crippen molar-refractivity contribution in [2.45, 2.75) is 13.8 Å². The van der Waals surface area contributed by atoms with Crippen LogP contribution < -0.4 is 10.1 Å². The highest BCUT2D eigenvalue weighted by atomic mass is 19.1. The number of halogens is 1. The summed E-state index contributed by atoms with van der Waals surface area (Å²) >= 11 is 0. The Labute approximate surface area is 110 Å². The quantitative estimate of drug-likeness (QED) is 0.819. The monoisotopic (exact) mass is 269 g/mol. The minimum Gasteiger partial charge on any atom is -0.481 e. The van der Waals surface area contributed by atoms with E-state index in [0.29, 0.717) is 0 Å². The second-order valence-corrected chi connectivity index (χ2v) is 4.68. The lowest BCUT2D eigenvalue weighted by Crippen LogP contribution is -2.40. The van der Waals surface area contributed by atoms with Crippen LogP contribution in [0.5, 0.6) is 5.75 Å². The number of aliphatic carboxylic acids is 1. The molecule has 2 N–H and O–H groups in total. The van der Waals surface area contributed by atoms with Gasteiger partial charge < -0.3 is 15.2 Å². The van der Waals surface area contributed by atoms with Gasteiger partial charge in [-0.2, -0.15) is 0 Å². The van der Waals surface area contributed by atoms with Gasteiger partial charge in [0.15, 0.2) is 18.2 Å². The van der Waals surface area contributed by atoms with E-state index >= 15 is 0 Å². The van der Waals surface area contributed by atoms with Crippen LogP contribution in [0.15, 0.2) is 24.3 Å². The van der Waals surface area contributed by atoms with Crippen molar-refractivity contribution in [2.24, 2.45) is 5.41 Å². The first-order chi connectivity index (χ1) is 8.83. The third kappa shape index (κ3) is 4.57. The van der Waals surface area contributed by atoms with Crippen molar-refractivity contribution in [3.05, 3.63) is 30.1 Å². The van der Waals surface area contributed by atoms with Gasteiger partial charge in [0.2, 0.25) is 0 Å². The molecule has 0 aromatic heterocycles. The van der Waals surface area contributed by atoms with Crippen LogP contribution in [-0.2, 0) is 9.59 Å². The van der Waals surface area contributed by atoms with Crippen LogP contribution in [0.3, 0.4) is 0 Å². The molecule has 1 aromatic rings. The maximum Gasteiger partial charge on any atom is 0.310 e. The van der Waals surface area contributed by atoms with Gasteiger partial charge in [-0.25, -0.2) is 4.39 Å². The fourth-order valence-corrected chi connectivity index (χ4v) is 1.15. The van der Waals surface area contributed by atoms with E-state index in [1.54, 1.807) is 6.07 Å². The van der Waals surface area contributed by atoms with Gasteiger partial charge >= 0.3 is 5.97 Å². The number of nitrogens with one attached hydrogen (secondary N) is 1. The first kappa shape index (κ1) is 14.9. The smallest absolute Gasteiger partial charge is 0.310 e. The van der Waals surface area contributed by atoms with Crippen molar-refractivity contribution in [3.8, 4) is 5.75 Å². The standard InChI is InChI=1S/C13H16FNO4/c1-13(2,12(17)18)8-15-11(16)7-19-10-6-4-3-5-9(10)14/h3-6H,7-8H2,1-2H3,(H,15,16)(H,17,18). The number of hydrogen-bond acceptors (Lipinski definition) is 3. The van der Waals surface area contributed by atoms with Crippen molar-refractivity contribution in [1.29, 1.82) is 0 Å². The first-order valence-electron chi connectivity index (χ1n) is 5.70. The highest BCUT2D eigenvalue weighted by Gasteiger charge is 2.27. The van der Waals surface area contributed by atoms with Gasteiger partial charge in [-0.1, -0.05) is 12.1 Å². The van der Waals surface area contributed by atoms with Crippen LogP contribution in [0.4, 0.5) is 4.39 Å². The van der Waals surface area contributed by atoms with Crippen molar-refractivity contribution >= 4 is 11.9 Å². The highest BCUT2D eigenvalue weighted by Crippen LogP contribution is 2.15. The van der Waals surface area contributed by atoms with E-state index in [1.165, 1.54) is 32.0 Å². The molecule has 0 aliphatic heterocycles. The summed E-state index contributed by atoms with van der Waals surface area (Å²) in [5.74, 6) is -2.09. The van der Waals surface area contributed by atoms with Crippen LogP contribution in [0, 0.1) is 11.2 Å². The van der Waals surface area contributed by atoms with Crippen molar-refractivity contribution in [1.82, 2.24) is 5.32 Å². The molecule has 6 heteroatoms. The zero-order valence-electron chi connectivity index (χ0n) is 10.8. The zero-order chi connectivity index (χ0) is 14.5. The van der Waals surface area contributed by atoms with Gasteiger partial charge in [0.05, 0.1) is 5.41 Å². The summed E-state index contributed by atoms with van der Waals surface area (Å²) < 4.78 is 18.2. The number of carbonyl (C=O) groups excluding carboxylic acids is 1. The number of amides is 1. The van der Waals surface area contributed by atoms with E-state index in [0.717, 1.165) is 0 Å². The molecule has 0 saturated carbocycles. The molecular weight excluding hydrogens is 253 g/mol. The third-order valence-corrected chi connectivity index (χ3v) is 2.50. The number of carboxylic acid groups (broad SMARTS) is 1. The van der Waals surface area contributed by atoms with Crippen molar-refractivity contribution < 1.29 is 23.8 Å². The molecule has 0 radical (unpaired) electrons. The molecule has 0 aliphatic carbocycles. The summed E-state index contributed by atoms with van der Waals surface area (Å²) in [4.78, 5) is 22.3. The predicted octanol–water partition coefficient (Wildman–Crippen LogP) is 1.43. The predicted molar refractivity (Wildman–Crippen MR) is 66.3 cm³/mol. The summed E-state index contributed by atoms with van der Waals surface area (Å²) in [5, 5.41) is 11.3. The van der Waals surface area contributed by atoms with Gasteiger partial charge in [0, 0.05) is 6.54 Å². The summed E-state index contributed by atoms with van der Waals surface area (Å²) in [7, 11) is 0. The molecule has 0 fully saturated rings. The lowest BCUT2D eigenvalue weighted by Gasteiger charge is -2.19. The Morgan fingerprint density at radius 2 is 2.00 bits per heavy atom. The molecule has 0 unspecified atom stereocenters. The number of ether oxygens (including phenoxy) is 1. The lowest BCUT2D eigenvalue weighted by molar-refractivity contribution is -0.146. The average Bonchev–Trinajstić information content (AvgIpc) is 2.35. The van der Waals surface area contributed by atoms with Crippen LogP contribution in [-0.4, -0.2) is 30.1 Å². The molecular formula is C13H16FNO4. The van der Waals surface area contributed by atoms with E-state index in [2.05, 4.69) is 5.32 Å². The van der Waals surface area contributed by atoms with Gasteiger partial charge in [-0.15, -0.1) is 0 Å². The summed E-state index contributed by atoms with van der Waals surface area (Å²) in [6, 6.07) is 5.73. The molecule has 0 atom stereocenters. The number of hydrogen-bond donors (Lipinski definition) is 2. The Balaban J connectivity index is 2.41. The SMILES string of the molecule is CC(C)(CNC(=O)COc1ccccc1F)C(=O)O. The van der Waals surface area contributed by atoms with Crippen molar-refractivity contribution in [3.63, 3.8) is 0 Å². The summed E-state index contributed by atoms with van der Waals surface area (Å²) in [6.45, 7) is 2.60. The maximum absolute atomic E-state index is 13.2. The molecule has 0 heterocycles. The molecule has 1 amide bonds. The molecule has 5 nitrogen and oxygen atoms in total. The van der Waals surface area contributed by atoms with E-state index < -0.39 is 23.1 Å². The van der Waals surface area contributed by atoms with Crippen LogP contribution in [0.25, 0.3) is 0 Å². The Kier molecular flexibility index (Phi) is 4.86. The Hall–Kier alpha value is -2.11. The fraction of sp³-hybridized carbons (Fsp3) is 0.385. The van der Waals surface area contributed by atoms with Crippen LogP contribution >= 0.6 is 0 Å². The van der Waals surface area contributed by atoms with Gasteiger partial charge in [0.25, 0.3) is 5.91 Å². The number of benzene rings is 1. The van der Waals surface area contributed by atoms with E-state index in [4.69, 9.17) is 9.84 Å². The minimum atomic E-state index is -1.06. The van der Waals surface area contributed by atoms with Gasteiger partial charge in [0.1, 0.15) is 0 Å². The molecule has 0 aliphatic rings. The Morgan fingerprint density at radius 1 is 1.37 bits per heavy atom. The Morgan fingerprint density at radius 3 is 2.58 bits per heavy atom. The second-order valence-electron chi connectivity index (χ2n) is 4.68. The number of carboxylic acids is 1. The molecule has 104 valence electrons. The third-order valence-electron chi connectivity index (χ3n) is 2.50. The average molecular weight is 269 g/mol. The number of rotatable bonds is 6. The molecule has 1 aromatic carbocycles. The molecule has 1 rings (SSSR count). The summed E-state index contributed by atoms with van der Waals surface area (Å²) in [6.07, 6.45) is 0. The number of para-hydroxylation sites is 1. The number of carbonyl (C=O) groups is 2. The molecule has 0 spiro atoms.